The van der Waals surface area contributed by atoms with Gasteiger partial charge in [0.1, 0.15) is 5.82 Å². The van der Waals surface area contributed by atoms with Crippen molar-refractivity contribution in [2.75, 3.05) is 18.4 Å². The van der Waals surface area contributed by atoms with E-state index in [2.05, 4.69) is 22.7 Å². The largest absolute Gasteiger partial charge is 0.352 e. The fraction of sp³-hybridized carbons (Fsp3) is 0.421. The lowest BCUT2D eigenvalue weighted by Crippen LogP contribution is -2.39. The van der Waals surface area contributed by atoms with E-state index < -0.39 is 0 Å². The van der Waals surface area contributed by atoms with Crippen molar-refractivity contribution in [3.05, 3.63) is 41.6 Å². The third-order valence-electron chi connectivity index (χ3n) is 4.66. The molecule has 7 heteroatoms. The van der Waals surface area contributed by atoms with Crippen molar-refractivity contribution in [2.24, 2.45) is 0 Å². The molecule has 1 atom stereocenters. The summed E-state index contributed by atoms with van der Waals surface area (Å²) in [5, 5.41) is 10.6. The third-order valence-corrected chi connectivity index (χ3v) is 4.66. The first-order valence-electron chi connectivity index (χ1n) is 8.96. The SMILES string of the molecule is CCc1nn(-c2ccccc2)c(NC(=O)N2CCC(NC(C)=O)C2)c1C. The lowest BCUT2D eigenvalue weighted by Gasteiger charge is -2.18. The number of aryl methyl sites for hydroxylation is 1. The molecule has 2 N–H and O–H groups in total. The number of aromatic nitrogens is 2. The Morgan fingerprint density at radius 2 is 2.00 bits per heavy atom. The van der Waals surface area contributed by atoms with Gasteiger partial charge in [-0.2, -0.15) is 5.10 Å². The topological polar surface area (TPSA) is 79.3 Å². The molecule has 2 heterocycles. The average Bonchev–Trinajstić information content (AvgIpc) is 3.20. The number of para-hydroxylation sites is 1. The standard InChI is InChI=1S/C19H25N5O2/c1-4-17-13(2)18(24(22-17)16-8-6-5-7-9-16)21-19(26)23-11-10-15(12-23)20-14(3)25/h5-9,15H,4,10-12H2,1-3H3,(H,20,25)(H,21,26). The second-order valence-corrected chi connectivity index (χ2v) is 6.58. The van der Waals surface area contributed by atoms with Gasteiger partial charge in [-0.3, -0.25) is 10.1 Å². The molecule has 0 aliphatic carbocycles. The van der Waals surface area contributed by atoms with Gasteiger partial charge < -0.3 is 10.2 Å². The number of carbonyl (C=O) groups is 2. The molecule has 3 rings (SSSR count). The Morgan fingerprint density at radius 3 is 2.65 bits per heavy atom. The fourth-order valence-corrected chi connectivity index (χ4v) is 3.31. The van der Waals surface area contributed by atoms with Crippen molar-refractivity contribution < 1.29 is 9.59 Å². The van der Waals surface area contributed by atoms with Crippen LogP contribution in [0.5, 0.6) is 0 Å². The number of hydrogen-bond acceptors (Lipinski definition) is 3. The Hall–Kier alpha value is -2.83. The smallest absolute Gasteiger partial charge is 0.323 e. The summed E-state index contributed by atoms with van der Waals surface area (Å²) in [7, 11) is 0. The zero-order chi connectivity index (χ0) is 18.7. The fourth-order valence-electron chi connectivity index (χ4n) is 3.31. The van der Waals surface area contributed by atoms with Crippen LogP contribution < -0.4 is 10.6 Å². The summed E-state index contributed by atoms with van der Waals surface area (Å²) in [6, 6.07) is 9.62. The van der Waals surface area contributed by atoms with Crippen molar-refractivity contribution in [3.63, 3.8) is 0 Å². The normalized spacial score (nSPS) is 16.6. The Kier molecular flexibility index (Phi) is 5.25. The van der Waals surface area contributed by atoms with Crippen LogP contribution in [-0.2, 0) is 11.2 Å². The number of benzene rings is 1. The van der Waals surface area contributed by atoms with Crippen LogP contribution in [0, 0.1) is 6.92 Å². The number of anilines is 1. The minimum Gasteiger partial charge on any atom is -0.352 e. The van der Waals surface area contributed by atoms with Crippen LogP contribution in [0.2, 0.25) is 0 Å². The molecule has 1 aromatic heterocycles. The van der Waals surface area contributed by atoms with Crippen LogP contribution in [0.3, 0.4) is 0 Å². The minimum absolute atomic E-state index is 0.0181. The second kappa shape index (κ2) is 7.59. The van der Waals surface area contributed by atoms with E-state index in [9.17, 15) is 9.59 Å². The van der Waals surface area contributed by atoms with Gasteiger partial charge in [0.25, 0.3) is 0 Å². The summed E-state index contributed by atoms with van der Waals surface area (Å²) in [4.78, 5) is 25.7. The van der Waals surface area contributed by atoms with Gasteiger partial charge in [-0.25, -0.2) is 9.48 Å². The Balaban J connectivity index is 1.80. The van der Waals surface area contributed by atoms with E-state index in [1.54, 1.807) is 9.58 Å². The highest BCUT2D eigenvalue weighted by molar-refractivity contribution is 5.90. The predicted octanol–water partition coefficient (Wildman–Crippen LogP) is 2.49. The molecule has 138 valence electrons. The number of carbonyl (C=O) groups excluding carboxylic acids is 2. The van der Waals surface area contributed by atoms with E-state index in [-0.39, 0.29) is 18.0 Å². The highest BCUT2D eigenvalue weighted by atomic mass is 16.2. The molecule has 2 aromatic rings. The monoisotopic (exact) mass is 355 g/mol. The number of nitrogens with one attached hydrogen (secondary N) is 2. The Labute approximate surface area is 153 Å². The number of hydrogen-bond donors (Lipinski definition) is 2. The van der Waals surface area contributed by atoms with Crippen molar-refractivity contribution in [1.29, 1.82) is 0 Å². The first-order chi connectivity index (χ1) is 12.5. The predicted molar refractivity (Wildman–Crippen MR) is 100 cm³/mol. The molecule has 1 fully saturated rings. The maximum atomic E-state index is 12.7. The molecule has 1 unspecified atom stereocenters. The molecule has 1 saturated heterocycles. The van der Waals surface area contributed by atoms with Crippen LogP contribution in [0.25, 0.3) is 5.69 Å². The highest BCUT2D eigenvalue weighted by Crippen LogP contribution is 2.24. The van der Waals surface area contributed by atoms with Crippen molar-refractivity contribution in [3.8, 4) is 5.69 Å². The van der Waals surface area contributed by atoms with Crippen LogP contribution >= 0.6 is 0 Å². The van der Waals surface area contributed by atoms with Crippen molar-refractivity contribution in [2.45, 2.75) is 39.7 Å². The molecule has 26 heavy (non-hydrogen) atoms. The van der Waals surface area contributed by atoms with Gasteiger partial charge in [-0.05, 0) is 31.9 Å². The minimum atomic E-state index is -0.166. The summed E-state index contributed by atoms with van der Waals surface area (Å²) in [5.41, 5.74) is 2.84. The number of nitrogens with zero attached hydrogens (tertiary/aromatic N) is 3. The summed E-state index contributed by atoms with van der Waals surface area (Å²) >= 11 is 0. The molecule has 1 aromatic carbocycles. The summed E-state index contributed by atoms with van der Waals surface area (Å²) < 4.78 is 1.79. The lowest BCUT2D eigenvalue weighted by atomic mass is 10.2. The third kappa shape index (κ3) is 3.71. The first kappa shape index (κ1) is 18.0. The first-order valence-corrected chi connectivity index (χ1v) is 8.96. The quantitative estimate of drug-likeness (QED) is 0.884. The van der Waals surface area contributed by atoms with E-state index in [1.165, 1.54) is 6.92 Å². The van der Waals surface area contributed by atoms with Gasteiger partial charge >= 0.3 is 6.03 Å². The Morgan fingerprint density at radius 1 is 1.27 bits per heavy atom. The van der Waals surface area contributed by atoms with Crippen LogP contribution in [0.15, 0.2) is 30.3 Å². The molecule has 3 amide bonds. The van der Waals surface area contributed by atoms with Gasteiger partial charge in [0.05, 0.1) is 11.4 Å². The van der Waals surface area contributed by atoms with Gasteiger partial charge in [0.2, 0.25) is 5.91 Å². The number of rotatable bonds is 4. The van der Waals surface area contributed by atoms with Crippen molar-refractivity contribution >= 4 is 17.8 Å². The number of urea groups is 1. The van der Waals surface area contributed by atoms with E-state index in [0.717, 1.165) is 29.8 Å². The molecule has 0 spiro atoms. The Bertz CT molecular complexity index is 800. The molecule has 7 nitrogen and oxygen atoms in total. The van der Waals surface area contributed by atoms with E-state index in [0.29, 0.717) is 18.9 Å². The maximum Gasteiger partial charge on any atom is 0.323 e. The van der Waals surface area contributed by atoms with Gasteiger partial charge in [-0.15, -0.1) is 0 Å². The summed E-state index contributed by atoms with van der Waals surface area (Å²) in [5.74, 6) is 0.629. The average molecular weight is 355 g/mol. The number of likely N-dealkylation sites (tertiary alicyclic amines) is 1. The highest BCUT2D eigenvalue weighted by Gasteiger charge is 2.28. The van der Waals surface area contributed by atoms with Gasteiger partial charge in [0.15, 0.2) is 0 Å². The molecule has 0 saturated carbocycles. The van der Waals surface area contributed by atoms with E-state index in [4.69, 9.17) is 0 Å². The molecule has 1 aliphatic heterocycles. The van der Waals surface area contributed by atoms with Crippen molar-refractivity contribution in [1.82, 2.24) is 20.0 Å². The second-order valence-electron chi connectivity index (χ2n) is 6.58. The molecule has 0 bridgehead atoms. The van der Waals surface area contributed by atoms with Gasteiger partial charge in [-0.1, -0.05) is 25.1 Å². The summed E-state index contributed by atoms with van der Waals surface area (Å²) in [6.45, 7) is 6.66. The van der Waals surface area contributed by atoms with Gasteiger partial charge in [0, 0.05) is 31.6 Å². The van der Waals surface area contributed by atoms with E-state index >= 15 is 0 Å². The number of amides is 3. The van der Waals surface area contributed by atoms with E-state index in [1.807, 2.05) is 37.3 Å². The molecule has 0 radical (unpaired) electrons. The maximum absolute atomic E-state index is 12.7. The molecular formula is C19H25N5O2. The zero-order valence-corrected chi connectivity index (χ0v) is 15.5. The van der Waals surface area contributed by atoms with Crippen LogP contribution in [0.4, 0.5) is 10.6 Å². The molecular weight excluding hydrogens is 330 g/mol. The summed E-state index contributed by atoms with van der Waals surface area (Å²) in [6.07, 6.45) is 1.56. The zero-order valence-electron chi connectivity index (χ0n) is 15.5. The van der Waals surface area contributed by atoms with Crippen LogP contribution in [0.1, 0.15) is 31.5 Å². The van der Waals surface area contributed by atoms with Crippen LogP contribution in [-0.4, -0.2) is 45.8 Å². The lowest BCUT2D eigenvalue weighted by molar-refractivity contribution is -0.119. The molecule has 1 aliphatic rings.